The van der Waals surface area contributed by atoms with Gasteiger partial charge in [-0.1, -0.05) is 24.3 Å². The van der Waals surface area contributed by atoms with Crippen LogP contribution >= 0.6 is 0 Å². The van der Waals surface area contributed by atoms with Gasteiger partial charge in [-0.3, -0.25) is 9.52 Å². The summed E-state index contributed by atoms with van der Waals surface area (Å²) in [6, 6.07) is 19.4. The smallest absolute Gasteiger partial charge is 0.261 e. The summed E-state index contributed by atoms with van der Waals surface area (Å²) in [6.07, 6.45) is 0. The maximum Gasteiger partial charge on any atom is 0.261 e. The zero-order valence-corrected chi connectivity index (χ0v) is 20.4. The third kappa shape index (κ3) is 4.87. The highest BCUT2D eigenvalue weighted by atomic mass is 32.2. The Bertz CT molecular complexity index is 1280. The normalized spacial score (nSPS) is 14.1. The van der Waals surface area contributed by atoms with Crippen LogP contribution in [-0.2, 0) is 10.0 Å². The molecule has 0 spiro atoms. The molecule has 0 aromatic heterocycles. The van der Waals surface area contributed by atoms with Crippen LogP contribution in [0.4, 0.5) is 11.4 Å². The number of methoxy groups -OCH3 is 1. The number of hydrogen-bond acceptors (Lipinski definition) is 5. The summed E-state index contributed by atoms with van der Waals surface area (Å²) >= 11 is 0. The molecule has 1 fully saturated rings. The maximum absolute atomic E-state index is 13.0. The number of anilines is 2. The van der Waals surface area contributed by atoms with Crippen LogP contribution in [0.1, 0.15) is 21.5 Å². The van der Waals surface area contributed by atoms with E-state index in [1.165, 1.54) is 12.1 Å². The van der Waals surface area contributed by atoms with E-state index in [1.807, 2.05) is 50.2 Å². The molecule has 0 unspecified atom stereocenters. The van der Waals surface area contributed by atoms with Crippen molar-refractivity contribution in [1.82, 2.24) is 4.90 Å². The summed E-state index contributed by atoms with van der Waals surface area (Å²) in [5.41, 5.74) is 3.92. The third-order valence-corrected chi connectivity index (χ3v) is 7.63. The van der Waals surface area contributed by atoms with Gasteiger partial charge in [0, 0.05) is 31.7 Å². The van der Waals surface area contributed by atoms with Crippen molar-refractivity contribution >= 4 is 27.3 Å². The summed E-state index contributed by atoms with van der Waals surface area (Å²) in [4.78, 5) is 17.1. The van der Waals surface area contributed by atoms with Crippen LogP contribution in [0.5, 0.6) is 5.75 Å². The minimum atomic E-state index is -3.76. The number of ether oxygens (including phenoxy) is 1. The number of nitrogens with zero attached hydrogens (tertiary/aromatic N) is 2. The zero-order chi connectivity index (χ0) is 24.3. The number of amides is 1. The van der Waals surface area contributed by atoms with Crippen LogP contribution in [-0.4, -0.2) is 52.5 Å². The SMILES string of the molecule is COc1ccccc1N1CCN(C(=O)c2ccc(S(=O)(=O)Nc3cccc(C)c3C)cc2)CC1. The second kappa shape index (κ2) is 9.77. The number of aryl methyl sites for hydroxylation is 1. The quantitative estimate of drug-likeness (QED) is 0.577. The van der Waals surface area contributed by atoms with Crippen LogP contribution < -0.4 is 14.4 Å². The van der Waals surface area contributed by atoms with Crippen molar-refractivity contribution < 1.29 is 17.9 Å². The number of rotatable bonds is 6. The van der Waals surface area contributed by atoms with Gasteiger partial charge in [-0.2, -0.15) is 0 Å². The van der Waals surface area contributed by atoms with Gasteiger partial charge < -0.3 is 14.5 Å². The molecule has 3 aromatic carbocycles. The lowest BCUT2D eigenvalue weighted by Gasteiger charge is -2.36. The molecule has 1 heterocycles. The Morgan fingerprint density at radius 1 is 0.882 bits per heavy atom. The number of piperazine rings is 1. The minimum Gasteiger partial charge on any atom is -0.495 e. The number of carbonyl (C=O) groups excluding carboxylic acids is 1. The fourth-order valence-electron chi connectivity index (χ4n) is 4.07. The topological polar surface area (TPSA) is 79.0 Å². The molecule has 178 valence electrons. The van der Waals surface area contributed by atoms with Crippen molar-refractivity contribution in [3.63, 3.8) is 0 Å². The second-order valence-electron chi connectivity index (χ2n) is 8.33. The molecule has 34 heavy (non-hydrogen) atoms. The molecule has 0 aliphatic carbocycles. The van der Waals surface area contributed by atoms with Crippen molar-refractivity contribution in [2.75, 3.05) is 42.9 Å². The molecule has 0 radical (unpaired) electrons. The predicted octanol–water partition coefficient (Wildman–Crippen LogP) is 4.08. The molecule has 0 bridgehead atoms. The molecule has 0 saturated carbocycles. The lowest BCUT2D eigenvalue weighted by atomic mass is 10.1. The highest BCUT2D eigenvalue weighted by Gasteiger charge is 2.24. The molecule has 3 aromatic rings. The van der Waals surface area contributed by atoms with Crippen molar-refractivity contribution in [3.8, 4) is 5.75 Å². The van der Waals surface area contributed by atoms with Crippen molar-refractivity contribution in [3.05, 3.63) is 83.4 Å². The van der Waals surface area contributed by atoms with Gasteiger partial charge in [0.25, 0.3) is 15.9 Å². The average Bonchev–Trinajstić information content (AvgIpc) is 2.86. The summed E-state index contributed by atoms with van der Waals surface area (Å²) in [7, 11) is -2.11. The van der Waals surface area contributed by atoms with E-state index >= 15 is 0 Å². The van der Waals surface area contributed by atoms with E-state index < -0.39 is 10.0 Å². The lowest BCUT2D eigenvalue weighted by Crippen LogP contribution is -2.48. The van der Waals surface area contributed by atoms with Crippen molar-refractivity contribution in [2.45, 2.75) is 18.7 Å². The molecule has 0 atom stereocenters. The Morgan fingerprint density at radius 3 is 2.24 bits per heavy atom. The molecule has 1 aliphatic rings. The molecule has 1 N–H and O–H groups in total. The molecule has 1 amide bonds. The van der Waals surface area contributed by atoms with Gasteiger partial charge in [0.1, 0.15) is 5.75 Å². The van der Waals surface area contributed by atoms with Gasteiger partial charge in [0.15, 0.2) is 0 Å². The number of carbonyl (C=O) groups is 1. The first-order chi connectivity index (χ1) is 16.3. The number of sulfonamides is 1. The Morgan fingerprint density at radius 2 is 1.56 bits per heavy atom. The first-order valence-electron chi connectivity index (χ1n) is 11.2. The first-order valence-corrected chi connectivity index (χ1v) is 12.6. The fourth-order valence-corrected chi connectivity index (χ4v) is 5.19. The Kier molecular flexibility index (Phi) is 6.79. The minimum absolute atomic E-state index is 0.105. The molecule has 8 heteroatoms. The van der Waals surface area contributed by atoms with Gasteiger partial charge in [-0.25, -0.2) is 8.42 Å². The molecule has 4 rings (SSSR count). The number of benzene rings is 3. The Hall–Kier alpha value is -3.52. The van der Waals surface area contributed by atoms with E-state index in [4.69, 9.17) is 4.74 Å². The first kappa shape index (κ1) is 23.6. The van der Waals surface area contributed by atoms with E-state index in [0.717, 1.165) is 22.6 Å². The van der Waals surface area contributed by atoms with Crippen LogP contribution in [0.3, 0.4) is 0 Å². The summed E-state index contributed by atoms with van der Waals surface area (Å²) in [5, 5.41) is 0. The highest BCUT2D eigenvalue weighted by molar-refractivity contribution is 7.92. The molecule has 1 saturated heterocycles. The van der Waals surface area contributed by atoms with Gasteiger partial charge in [-0.15, -0.1) is 0 Å². The molecule has 7 nitrogen and oxygen atoms in total. The molecular formula is C26H29N3O4S. The molecule has 1 aliphatic heterocycles. The summed E-state index contributed by atoms with van der Waals surface area (Å²) < 4.78 is 33.8. The van der Waals surface area contributed by atoms with Gasteiger partial charge in [0.2, 0.25) is 0 Å². The van der Waals surface area contributed by atoms with E-state index in [2.05, 4.69) is 9.62 Å². The van der Waals surface area contributed by atoms with Crippen molar-refractivity contribution in [1.29, 1.82) is 0 Å². The molecular weight excluding hydrogens is 450 g/mol. The zero-order valence-electron chi connectivity index (χ0n) is 19.6. The monoisotopic (exact) mass is 479 g/mol. The van der Waals surface area contributed by atoms with Gasteiger partial charge in [-0.05, 0) is 67.4 Å². The third-order valence-electron chi connectivity index (χ3n) is 6.25. The van der Waals surface area contributed by atoms with Crippen LogP contribution in [0.2, 0.25) is 0 Å². The standard InChI is InChI=1S/C26H29N3O4S/c1-19-7-6-8-23(20(19)2)27-34(31,32)22-13-11-21(12-14-22)26(30)29-17-15-28(16-18-29)24-9-4-5-10-25(24)33-3/h4-14,27H,15-18H2,1-3H3. The summed E-state index contributed by atoms with van der Waals surface area (Å²) in [5.74, 6) is 0.708. The van der Waals surface area contributed by atoms with E-state index in [9.17, 15) is 13.2 Å². The average molecular weight is 480 g/mol. The number of para-hydroxylation sites is 2. The van der Waals surface area contributed by atoms with Crippen LogP contribution in [0, 0.1) is 13.8 Å². The largest absolute Gasteiger partial charge is 0.495 e. The van der Waals surface area contributed by atoms with E-state index in [1.54, 1.807) is 30.2 Å². The van der Waals surface area contributed by atoms with Gasteiger partial charge >= 0.3 is 0 Å². The summed E-state index contributed by atoms with van der Waals surface area (Å²) in [6.45, 7) is 6.35. The van der Waals surface area contributed by atoms with E-state index in [0.29, 0.717) is 37.4 Å². The number of hydrogen-bond donors (Lipinski definition) is 1. The van der Waals surface area contributed by atoms with Crippen LogP contribution in [0.25, 0.3) is 0 Å². The number of nitrogens with one attached hydrogen (secondary N) is 1. The Labute approximate surface area is 201 Å². The van der Waals surface area contributed by atoms with Crippen molar-refractivity contribution in [2.24, 2.45) is 0 Å². The maximum atomic E-state index is 13.0. The predicted molar refractivity (Wildman–Crippen MR) is 134 cm³/mol. The second-order valence-corrected chi connectivity index (χ2v) is 10.0. The van der Waals surface area contributed by atoms with Gasteiger partial charge in [0.05, 0.1) is 23.4 Å². The highest BCUT2D eigenvalue weighted by Crippen LogP contribution is 2.28. The van der Waals surface area contributed by atoms with Crippen LogP contribution in [0.15, 0.2) is 71.6 Å². The van der Waals surface area contributed by atoms with E-state index in [-0.39, 0.29) is 10.8 Å². The lowest BCUT2D eigenvalue weighted by molar-refractivity contribution is 0.0746. The fraction of sp³-hybridized carbons (Fsp3) is 0.269. The Balaban J connectivity index is 1.42.